The SMILES string of the molecule is CC(C)(C)OC(=O)NCCC1CCN(CCCC(=O)O)CC1. The number of hydrogen-bond donors (Lipinski definition) is 2. The molecule has 0 bridgehead atoms. The number of nitrogens with zero attached hydrogens (tertiary/aromatic N) is 1. The second-order valence-electron chi connectivity index (χ2n) is 7.00. The molecule has 1 fully saturated rings. The van der Waals surface area contributed by atoms with E-state index in [1.807, 2.05) is 20.8 Å². The molecule has 2 N–H and O–H groups in total. The third kappa shape index (κ3) is 8.87. The largest absolute Gasteiger partial charge is 0.481 e. The molecule has 6 nitrogen and oxygen atoms in total. The summed E-state index contributed by atoms with van der Waals surface area (Å²) < 4.78 is 5.20. The number of ether oxygens (including phenoxy) is 1. The van der Waals surface area contributed by atoms with Gasteiger partial charge in [0.2, 0.25) is 0 Å². The molecule has 0 aliphatic carbocycles. The molecule has 1 aliphatic rings. The molecule has 0 spiro atoms. The number of nitrogens with one attached hydrogen (secondary N) is 1. The van der Waals surface area contributed by atoms with Crippen LogP contribution in [0.3, 0.4) is 0 Å². The fraction of sp³-hybridized carbons (Fsp3) is 0.875. The summed E-state index contributed by atoms with van der Waals surface area (Å²) in [6, 6.07) is 0. The van der Waals surface area contributed by atoms with Crippen LogP contribution in [0.15, 0.2) is 0 Å². The molecule has 0 aromatic carbocycles. The fourth-order valence-electron chi connectivity index (χ4n) is 2.65. The minimum atomic E-state index is -0.719. The predicted octanol–water partition coefficient (Wildman–Crippen LogP) is 2.48. The lowest BCUT2D eigenvalue weighted by atomic mass is 9.93. The molecule has 0 saturated carbocycles. The first-order valence-corrected chi connectivity index (χ1v) is 8.17. The minimum Gasteiger partial charge on any atom is -0.481 e. The summed E-state index contributed by atoms with van der Waals surface area (Å²) in [6.07, 6.45) is 3.83. The Bertz CT molecular complexity index is 358. The van der Waals surface area contributed by atoms with Crippen molar-refractivity contribution in [2.45, 2.75) is 58.5 Å². The number of likely N-dealkylation sites (tertiary alicyclic amines) is 1. The number of piperidine rings is 1. The molecule has 1 aliphatic heterocycles. The smallest absolute Gasteiger partial charge is 0.407 e. The number of carbonyl (C=O) groups excluding carboxylic acids is 1. The Kier molecular flexibility index (Phi) is 7.65. The summed E-state index contributed by atoms with van der Waals surface area (Å²) in [4.78, 5) is 24.4. The Hall–Kier alpha value is -1.30. The summed E-state index contributed by atoms with van der Waals surface area (Å²) in [5.41, 5.74) is -0.453. The first-order chi connectivity index (χ1) is 10.3. The van der Waals surface area contributed by atoms with Crippen molar-refractivity contribution in [2.75, 3.05) is 26.2 Å². The highest BCUT2D eigenvalue weighted by atomic mass is 16.6. The lowest BCUT2D eigenvalue weighted by Gasteiger charge is -2.31. The number of aliphatic carboxylic acids is 1. The molecule has 0 aromatic rings. The number of carboxylic acids is 1. The maximum atomic E-state index is 11.5. The molecule has 1 heterocycles. The zero-order valence-corrected chi connectivity index (χ0v) is 14.1. The van der Waals surface area contributed by atoms with Crippen molar-refractivity contribution in [3.8, 4) is 0 Å². The van der Waals surface area contributed by atoms with Crippen molar-refractivity contribution in [1.29, 1.82) is 0 Å². The van der Waals surface area contributed by atoms with Gasteiger partial charge in [-0.1, -0.05) is 0 Å². The van der Waals surface area contributed by atoms with Crippen molar-refractivity contribution >= 4 is 12.1 Å². The zero-order valence-electron chi connectivity index (χ0n) is 14.1. The van der Waals surface area contributed by atoms with Crippen molar-refractivity contribution in [1.82, 2.24) is 10.2 Å². The van der Waals surface area contributed by atoms with Crippen LogP contribution in [0.25, 0.3) is 0 Å². The highest BCUT2D eigenvalue weighted by Crippen LogP contribution is 2.20. The summed E-state index contributed by atoms with van der Waals surface area (Å²) in [5, 5.41) is 11.4. The third-order valence-corrected chi connectivity index (χ3v) is 3.79. The number of hydrogen-bond acceptors (Lipinski definition) is 4. The van der Waals surface area contributed by atoms with Gasteiger partial charge in [-0.15, -0.1) is 0 Å². The Morgan fingerprint density at radius 3 is 2.45 bits per heavy atom. The first-order valence-electron chi connectivity index (χ1n) is 8.17. The highest BCUT2D eigenvalue weighted by molar-refractivity contribution is 5.67. The molecule has 1 rings (SSSR count). The van der Waals surface area contributed by atoms with Gasteiger partial charge in [-0.05, 0) is 72.0 Å². The summed E-state index contributed by atoms with van der Waals surface area (Å²) in [5.74, 6) is -0.0891. The van der Waals surface area contributed by atoms with Crippen molar-refractivity contribution in [3.05, 3.63) is 0 Å². The standard InChI is InChI=1S/C16H30N2O4/c1-16(2,3)22-15(21)17-9-6-13-7-11-18(12-8-13)10-4-5-14(19)20/h13H,4-12H2,1-3H3,(H,17,21)(H,19,20). The third-order valence-electron chi connectivity index (χ3n) is 3.79. The Balaban J connectivity index is 2.08. The predicted molar refractivity (Wildman–Crippen MR) is 84.9 cm³/mol. The molecule has 128 valence electrons. The van der Waals surface area contributed by atoms with E-state index in [9.17, 15) is 9.59 Å². The lowest BCUT2D eigenvalue weighted by Crippen LogP contribution is -2.37. The van der Waals surface area contributed by atoms with Gasteiger partial charge in [0.15, 0.2) is 0 Å². The van der Waals surface area contributed by atoms with Crippen LogP contribution in [0.4, 0.5) is 4.79 Å². The minimum absolute atomic E-state index is 0.250. The van der Waals surface area contributed by atoms with Crippen LogP contribution < -0.4 is 5.32 Å². The normalized spacial score (nSPS) is 17.2. The summed E-state index contributed by atoms with van der Waals surface area (Å²) in [6.45, 7) is 9.13. The monoisotopic (exact) mass is 314 g/mol. The van der Waals surface area contributed by atoms with Crippen LogP contribution in [0.2, 0.25) is 0 Å². The molecule has 0 atom stereocenters. The van der Waals surface area contributed by atoms with E-state index in [1.165, 1.54) is 0 Å². The molecule has 0 radical (unpaired) electrons. The molecule has 1 amide bonds. The second-order valence-corrected chi connectivity index (χ2v) is 7.00. The van der Waals surface area contributed by atoms with Crippen LogP contribution in [0.1, 0.15) is 52.9 Å². The molecule has 0 aromatic heterocycles. The van der Waals surface area contributed by atoms with Crippen molar-refractivity contribution in [2.24, 2.45) is 5.92 Å². The molecule has 0 unspecified atom stereocenters. The van der Waals surface area contributed by atoms with Crippen LogP contribution >= 0.6 is 0 Å². The molecule has 22 heavy (non-hydrogen) atoms. The molecular weight excluding hydrogens is 284 g/mol. The van der Waals surface area contributed by atoms with Gasteiger partial charge >= 0.3 is 12.1 Å². The lowest BCUT2D eigenvalue weighted by molar-refractivity contribution is -0.137. The van der Waals surface area contributed by atoms with Gasteiger partial charge < -0.3 is 20.1 Å². The Morgan fingerprint density at radius 1 is 1.27 bits per heavy atom. The Morgan fingerprint density at radius 2 is 1.91 bits per heavy atom. The van der Waals surface area contributed by atoms with Gasteiger partial charge in [0.1, 0.15) is 5.60 Å². The van der Waals surface area contributed by atoms with Gasteiger partial charge in [-0.3, -0.25) is 4.79 Å². The van der Waals surface area contributed by atoms with Crippen LogP contribution in [0.5, 0.6) is 0 Å². The number of carboxylic acid groups (broad SMARTS) is 1. The topological polar surface area (TPSA) is 78.9 Å². The average Bonchev–Trinajstić information content (AvgIpc) is 2.38. The van der Waals surface area contributed by atoms with E-state index >= 15 is 0 Å². The van der Waals surface area contributed by atoms with E-state index in [0.29, 0.717) is 12.5 Å². The number of alkyl carbamates (subject to hydrolysis) is 1. The summed E-state index contributed by atoms with van der Waals surface area (Å²) in [7, 11) is 0. The van der Waals surface area contributed by atoms with E-state index < -0.39 is 11.6 Å². The molecule has 1 saturated heterocycles. The van der Waals surface area contributed by atoms with Gasteiger partial charge in [-0.2, -0.15) is 0 Å². The maximum absolute atomic E-state index is 11.5. The molecular formula is C16H30N2O4. The van der Waals surface area contributed by atoms with E-state index in [1.54, 1.807) is 0 Å². The van der Waals surface area contributed by atoms with E-state index in [2.05, 4.69) is 10.2 Å². The van der Waals surface area contributed by atoms with Gasteiger partial charge in [-0.25, -0.2) is 4.79 Å². The van der Waals surface area contributed by atoms with Gasteiger partial charge in [0.05, 0.1) is 0 Å². The number of carbonyl (C=O) groups is 2. The average molecular weight is 314 g/mol. The van der Waals surface area contributed by atoms with Crippen molar-refractivity contribution in [3.63, 3.8) is 0 Å². The van der Waals surface area contributed by atoms with Crippen LogP contribution in [0, 0.1) is 5.92 Å². The summed E-state index contributed by atoms with van der Waals surface area (Å²) >= 11 is 0. The number of rotatable bonds is 7. The van der Waals surface area contributed by atoms with E-state index in [0.717, 1.165) is 45.3 Å². The van der Waals surface area contributed by atoms with Gasteiger partial charge in [0, 0.05) is 13.0 Å². The van der Waals surface area contributed by atoms with Gasteiger partial charge in [0.25, 0.3) is 0 Å². The Labute approximate surface area is 133 Å². The quantitative estimate of drug-likeness (QED) is 0.755. The molecule has 6 heteroatoms. The van der Waals surface area contributed by atoms with Crippen LogP contribution in [-0.2, 0) is 9.53 Å². The first kappa shape index (κ1) is 18.7. The highest BCUT2D eigenvalue weighted by Gasteiger charge is 2.20. The van der Waals surface area contributed by atoms with Crippen LogP contribution in [-0.4, -0.2) is 53.8 Å². The zero-order chi connectivity index (χ0) is 16.6. The maximum Gasteiger partial charge on any atom is 0.407 e. The van der Waals surface area contributed by atoms with E-state index in [4.69, 9.17) is 9.84 Å². The van der Waals surface area contributed by atoms with E-state index in [-0.39, 0.29) is 12.5 Å². The second kappa shape index (κ2) is 8.98. The number of amides is 1. The van der Waals surface area contributed by atoms with Crippen molar-refractivity contribution < 1.29 is 19.4 Å². The fourth-order valence-corrected chi connectivity index (χ4v) is 2.65.